The highest BCUT2D eigenvalue weighted by Gasteiger charge is 2.07. The van der Waals surface area contributed by atoms with Crippen molar-refractivity contribution in [2.24, 2.45) is 0 Å². The van der Waals surface area contributed by atoms with Gasteiger partial charge in [0.2, 0.25) is 0 Å². The van der Waals surface area contributed by atoms with Crippen molar-refractivity contribution >= 4 is 16.5 Å². The molecule has 0 bridgehead atoms. The van der Waals surface area contributed by atoms with E-state index in [9.17, 15) is 0 Å². The molecular formula is C10H10N2S. The summed E-state index contributed by atoms with van der Waals surface area (Å²) in [6.07, 6.45) is 0. The predicted molar refractivity (Wildman–Crippen MR) is 56.7 cm³/mol. The molecule has 0 radical (unpaired) electrons. The summed E-state index contributed by atoms with van der Waals surface area (Å²) in [5.74, 6) is 0. The Kier molecular flexibility index (Phi) is 2.02. The maximum Gasteiger partial charge on any atom is 0.110 e. The van der Waals surface area contributed by atoms with Crippen LogP contribution in [0, 0.1) is 6.92 Å². The Bertz CT molecular complexity index is 406. The monoisotopic (exact) mass is 190 g/mol. The van der Waals surface area contributed by atoms with Crippen LogP contribution in [-0.4, -0.2) is 4.37 Å². The summed E-state index contributed by atoms with van der Waals surface area (Å²) in [7, 11) is 0. The van der Waals surface area contributed by atoms with Gasteiger partial charge in [0.05, 0.1) is 5.69 Å². The smallest absolute Gasteiger partial charge is 0.110 e. The number of nitrogen functional groups attached to an aromatic ring is 1. The van der Waals surface area contributed by atoms with E-state index in [-0.39, 0.29) is 0 Å². The first-order valence-electron chi connectivity index (χ1n) is 4.06. The number of hydrogen-bond donors (Lipinski definition) is 1. The van der Waals surface area contributed by atoms with Gasteiger partial charge in [-0.25, -0.2) is 0 Å². The third-order valence-corrected chi connectivity index (χ3v) is 2.78. The third kappa shape index (κ3) is 1.42. The van der Waals surface area contributed by atoms with E-state index in [0.717, 1.165) is 21.8 Å². The summed E-state index contributed by atoms with van der Waals surface area (Å²) in [6.45, 7) is 2.00. The van der Waals surface area contributed by atoms with Crippen LogP contribution in [0.3, 0.4) is 0 Å². The van der Waals surface area contributed by atoms with Crippen molar-refractivity contribution in [1.82, 2.24) is 4.37 Å². The van der Waals surface area contributed by atoms with Gasteiger partial charge >= 0.3 is 0 Å². The zero-order valence-corrected chi connectivity index (χ0v) is 8.14. The minimum absolute atomic E-state index is 0.804. The molecule has 13 heavy (non-hydrogen) atoms. The van der Waals surface area contributed by atoms with Gasteiger partial charge < -0.3 is 5.73 Å². The lowest BCUT2D eigenvalue weighted by atomic mass is 10.1. The highest BCUT2D eigenvalue weighted by Crippen LogP contribution is 2.28. The fourth-order valence-corrected chi connectivity index (χ4v) is 1.88. The Morgan fingerprint density at radius 3 is 2.46 bits per heavy atom. The SMILES string of the molecule is Cc1c(-c2ccccc2)nsc1N. The summed E-state index contributed by atoms with van der Waals surface area (Å²) >= 11 is 1.35. The molecule has 2 aromatic rings. The molecule has 3 heteroatoms. The lowest BCUT2D eigenvalue weighted by Gasteiger charge is -1.97. The van der Waals surface area contributed by atoms with E-state index in [0.29, 0.717) is 0 Å². The summed E-state index contributed by atoms with van der Waals surface area (Å²) in [5.41, 5.74) is 8.95. The van der Waals surface area contributed by atoms with E-state index >= 15 is 0 Å². The molecule has 2 N–H and O–H groups in total. The average molecular weight is 190 g/mol. The normalized spacial score (nSPS) is 10.2. The second-order valence-electron chi connectivity index (χ2n) is 2.89. The van der Waals surface area contributed by atoms with Gasteiger partial charge in [0.1, 0.15) is 5.00 Å². The highest BCUT2D eigenvalue weighted by atomic mass is 32.1. The topological polar surface area (TPSA) is 38.9 Å². The Labute approximate surface area is 81.2 Å². The molecule has 1 aromatic heterocycles. The fraction of sp³-hybridized carbons (Fsp3) is 0.100. The average Bonchev–Trinajstić information content (AvgIpc) is 2.49. The van der Waals surface area contributed by atoms with E-state index in [4.69, 9.17) is 5.73 Å². The van der Waals surface area contributed by atoms with Crippen molar-refractivity contribution < 1.29 is 0 Å². The fourth-order valence-electron chi connectivity index (χ4n) is 1.21. The molecule has 1 heterocycles. The van der Waals surface area contributed by atoms with E-state index in [1.165, 1.54) is 11.5 Å². The number of rotatable bonds is 1. The third-order valence-electron chi connectivity index (χ3n) is 2.01. The van der Waals surface area contributed by atoms with Crippen molar-refractivity contribution in [2.75, 3.05) is 5.73 Å². The molecule has 0 atom stereocenters. The molecule has 66 valence electrons. The summed E-state index contributed by atoms with van der Waals surface area (Å²) in [4.78, 5) is 0. The van der Waals surface area contributed by atoms with E-state index in [2.05, 4.69) is 4.37 Å². The Hall–Kier alpha value is -1.35. The molecule has 0 aliphatic rings. The maximum atomic E-state index is 5.73. The molecule has 0 spiro atoms. The van der Waals surface area contributed by atoms with Crippen LogP contribution in [0.25, 0.3) is 11.3 Å². The Morgan fingerprint density at radius 1 is 1.23 bits per heavy atom. The zero-order valence-electron chi connectivity index (χ0n) is 7.32. The van der Waals surface area contributed by atoms with Crippen LogP contribution in [0.1, 0.15) is 5.56 Å². The van der Waals surface area contributed by atoms with Crippen LogP contribution < -0.4 is 5.73 Å². The minimum Gasteiger partial charge on any atom is -0.389 e. The number of aromatic nitrogens is 1. The van der Waals surface area contributed by atoms with E-state index in [1.807, 2.05) is 37.3 Å². The maximum absolute atomic E-state index is 5.73. The molecule has 0 unspecified atom stereocenters. The van der Waals surface area contributed by atoms with Gasteiger partial charge in [-0.2, -0.15) is 4.37 Å². The number of benzene rings is 1. The Balaban J connectivity index is 2.53. The minimum atomic E-state index is 0.804. The lowest BCUT2D eigenvalue weighted by molar-refractivity contribution is 1.43. The van der Waals surface area contributed by atoms with Gasteiger partial charge in [0, 0.05) is 11.1 Å². The Morgan fingerprint density at radius 2 is 1.92 bits per heavy atom. The van der Waals surface area contributed by atoms with Gasteiger partial charge in [-0.05, 0) is 18.5 Å². The second-order valence-corrected chi connectivity index (χ2v) is 3.69. The molecule has 0 fully saturated rings. The van der Waals surface area contributed by atoms with Crippen molar-refractivity contribution in [3.05, 3.63) is 35.9 Å². The number of nitrogens with two attached hydrogens (primary N) is 1. The van der Waals surface area contributed by atoms with Crippen LogP contribution >= 0.6 is 11.5 Å². The second kappa shape index (κ2) is 3.18. The van der Waals surface area contributed by atoms with Crippen molar-refractivity contribution in [3.63, 3.8) is 0 Å². The van der Waals surface area contributed by atoms with E-state index < -0.39 is 0 Å². The van der Waals surface area contributed by atoms with Crippen LogP contribution in [0.2, 0.25) is 0 Å². The summed E-state index contributed by atoms with van der Waals surface area (Å²) in [5, 5.41) is 0.804. The molecule has 0 amide bonds. The summed E-state index contributed by atoms with van der Waals surface area (Å²) in [6, 6.07) is 10.1. The predicted octanol–water partition coefficient (Wildman–Crippen LogP) is 2.70. The molecule has 0 saturated heterocycles. The van der Waals surface area contributed by atoms with Gasteiger partial charge in [-0.3, -0.25) is 0 Å². The molecule has 0 aliphatic carbocycles. The molecule has 2 nitrogen and oxygen atoms in total. The molecule has 2 rings (SSSR count). The van der Waals surface area contributed by atoms with Crippen LogP contribution in [-0.2, 0) is 0 Å². The number of nitrogens with zero attached hydrogens (tertiary/aromatic N) is 1. The highest BCUT2D eigenvalue weighted by molar-refractivity contribution is 7.10. The molecular weight excluding hydrogens is 180 g/mol. The largest absolute Gasteiger partial charge is 0.389 e. The molecule has 0 aliphatic heterocycles. The number of anilines is 1. The van der Waals surface area contributed by atoms with Gasteiger partial charge in [0.15, 0.2) is 0 Å². The van der Waals surface area contributed by atoms with Gasteiger partial charge in [-0.15, -0.1) is 0 Å². The zero-order chi connectivity index (χ0) is 9.26. The van der Waals surface area contributed by atoms with Gasteiger partial charge in [0.25, 0.3) is 0 Å². The van der Waals surface area contributed by atoms with Crippen LogP contribution in [0.15, 0.2) is 30.3 Å². The molecule has 1 aromatic carbocycles. The first kappa shape index (κ1) is 8.26. The quantitative estimate of drug-likeness (QED) is 0.751. The first-order chi connectivity index (χ1) is 6.29. The molecule has 0 saturated carbocycles. The standard InChI is InChI=1S/C10H10N2S/c1-7-9(12-13-10(7)11)8-5-3-2-4-6-8/h2-6H,11H2,1H3. The van der Waals surface area contributed by atoms with Crippen molar-refractivity contribution in [3.8, 4) is 11.3 Å². The first-order valence-corrected chi connectivity index (χ1v) is 4.83. The van der Waals surface area contributed by atoms with Crippen LogP contribution in [0.5, 0.6) is 0 Å². The van der Waals surface area contributed by atoms with Gasteiger partial charge in [-0.1, -0.05) is 30.3 Å². The van der Waals surface area contributed by atoms with Crippen LogP contribution in [0.4, 0.5) is 5.00 Å². The number of hydrogen-bond acceptors (Lipinski definition) is 3. The lowest BCUT2D eigenvalue weighted by Crippen LogP contribution is -1.84. The van der Waals surface area contributed by atoms with Crippen molar-refractivity contribution in [2.45, 2.75) is 6.92 Å². The van der Waals surface area contributed by atoms with E-state index in [1.54, 1.807) is 0 Å². The summed E-state index contributed by atoms with van der Waals surface area (Å²) < 4.78 is 4.30. The van der Waals surface area contributed by atoms with Crippen molar-refractivity contribution in [1.29, 1.82) is 0 Å².